The topological polar surface area (TPSA) is 29.5 Å². The molecule has 0 spiro atoms. The molecule has 0 aromatic heterocycles. The molecule has 2 rings (SSSR count). The molecule has 126 valence electrons. The van der Waals surface area contributed by atoms with Crippen LogP contribution in [0.3, 0.4) is 0 Å². The first-order valence-corrected chi connectivity index (χ1v) is 8.58. The van der Waals surface area contributed by atoms with Crippen molar-refractivity contribution in [3.8, 4) is 0 Å². The summed E-state index contributed by atoms with van der Waals surface area (Å²) in [5.41, 5.74) is 2.04. The fraction of sp³-hybridized carbons (Fsp3) is 0.550. The van der Waals surface area contributed by atoms with Gasteiger partial charge in [0.2, 0.25) is 0 Å². The Morgan fingerprint density at radius 1 is 1.26 bits per heavy atom. The normalized spacial score (nSPS) is 19.1. The van der Waals surface area contributed by atoms with Crippen molar-refractivity contribution in [1.82, 2.24) is 4.90 Å². The first kappa shape index (κ1) is 17.6. The van der Waals surface area contributed by atoms with E-state index in [0.29, 0.717) is 0 Å². The van der Waals surface area contributed by atoms with Gasteiger partial charge in [-0.1, -0.05) is 42.0 Å². The highest BCUT2D eigenvalue weighted by atomic mass is 16.6. The molecule has 1 fully saturated rings. The van der Waals surface area contributed by atoms with Crippen molar-refractivity contribution < 1.29 is 9.53 Å². The van der Waals surface area contributed by atoms with Crippen molar-refractivity contribution in [2.45, 2.75) is 65.0 Å². The lowest BCUT2D eigenvalue weighted by atomic mass is 9.99. The number of nitrogens with zero attached hydrogens (tertiary/aromatic N) is 1. The van der Waals surface area contributed by atoms with Crippen molar-refractivity contribution in [3.63, 3.8) is 0 Å². The van der Waals surface area contributed by atoms with Crippen molar-refractivity contribution in [2.75, 3.05) is 6.54 Å². The molecule has 0 bridgehead atoms. The largest absolute Gasteiger partial charge is 0.444 e. The Labute approximate surface area is 140 Å². The van der Waals surface area contributed by atoms with Gasteiger partial charge in [-0.25, -0.2) is 4.79 Å². The molecule has 0 radical (unpaired) electrons. The summed E-state index contributed by atoms with van der Waals surface area (Å²) in [7, 11) is 0. The van der Waals surface area contributed by atoms with Crippen LogP contribution in [0.4, 0.5) is 4.79 Å². The molecule has 1 aliphatic rings. The van der Waals surface area contributed by atoms with Gasteiger partial charge in [-0.15, -0.1) is 0 Å². The van der Waals surface area contributed by atoms with E-state index in [2.05, 4.69) is 43.3 Å². The summed E-state index contributed by atoms with van der Waals surface area (Å²) in [5.74, 6) is 0. The van der Waals surface area contributed by atoms with Crippen LogP contribution in [0, 0.1) is 6.92 Å². The summed E-state index contributed by atoms with van der Waals surface area (Å²) in [5, 5.41) is 0. The van der Waals surface area contributed by atoms with Crippen LogP contribution in [-0.4, -0.2) is 29.2 Å². The smallest absolute Gasteiger partial charge is 0.410 e. The van der Waals surface area contributed by atoms with Gasteiger partial charge in [0.05, 0.1) is 0 Å². The lowest BCUT2D eigenvalue weighted by molar-refractivity contribution is 0.0103. The molecule has 0 saturated carbocycles. The zero-order valence-corrected chi connectivity index (χ0v) is 14.8. The predicted octanol–water partition coefficient (Wildman–Crippen LogP) is 5.19. The van der Waals surface area contributed by atoms with Gasteiger partial charge in [-0.2, -0.15) is 0 Å². The second kappa shape index (κ2) is 7.67. The van der Waals surface area contributed by atoms with Crippen molar-refractivity contribution >= 4 is 12.2 Å². The number of ether oxygens (including phenoxy) is 1. The Bertz CT molecular complexity index is 540. The van der Waals surface area contributed by atoms with Gasteiger partial charge in [0.25, 0.3) is 0 Å². The minimum Gasteiger partial charge on any atom is -0.444 e. The molecule has 1 aromatic rings. The third-order valence-electron chi connectivity index (χ3n) is 4.05. The van der Waals surface area contributed by atoms with Crippen LogP contribution in [0.5, 0.6) is 0 Å². The van der Waals surface area contributed by atoms with Crippen LogP contribution in [0.15, 0.2) is 30.3 Å². The summed E-state index contributed by atoms with van der Waals surface area (Å²) in [6, 6.07) is 8.73. The Hall–Kier alpha value is -1.77. The maximum Gasteiger partial charge on any atom is 0.410 e. The van der Waals surface area contributed by atoms with E-state index < -0.39 is 5.60 Å². The quantitative estimate of drug-likeness (QED) is 0.768. The standard InChI is InChI=1S/C20H29NO2/c1-16-11-13-17(14-12-16)8-7-10-18-9-5-6-15-21(18)19(22)23-20(2,3)4/h7-8,11-14,18H,5-6,9-10,15H2,1-4H3/b8-7+. The fourth-order valence-electron chi connectivity index (χ4n) is 2.85. The molecule has 0 N–H and O–H groups in total. The van der Waals surface area contributed by atoms with Gasteiger partial charge in [0.15, 0.2) is 0 Å². The van der Waals surface area contributed by atoms with Crippen molar-refractivity contribution in [3.05, 3.63) is 41.5 Å². The molecule has 1 saturated heterocycles. The zero-order chi connectivity index (χ0) is 16.9. The third kappa shape index (κ3) is 5.74. The minimum absolute atomic E-state index is 0.175. The number of carbonyl (C=O) groups is 1. The molecule has 3 nitrogen and oxygen atoms in total. The second-order valence-electron chi connectivity index (χ2n) is 7.37. The Morgan fingerprint density at radius 3 is 2.61 bits per heavy atom. The van der Waals surface area contributed by atoms with E-state index in [1.54, 1.807) is 0 Å². The van der Waals surface area contributed by atoms with Gasteiger partial charge < -0.3 is 9.64 Å². The molecule has 23 heavy (non-hydrogen) atoms. The predicted molar refractivity (Wildman–Crippen MR) is 95.4 cm³/mol. The summed E-state index contributed by atoms with van der Waals surface area (Å²) in [6.45, 7) is 8.65. The summed E-state index contributed by atoms with van der Waals surface area (Å²) < 4.78 is 5.55. The molecular weight excluding hydrogens is 286 g/mol. The van der Waals surface area contributed by atoms with E-state index >= 15 is 0 Å². The van der Waals surface area contributed by atoms with E-state index in [4.69, 9.17) is 4.74 Å². The SMILES string of the molecule is Cc1ccc(/C=C/CC2CCCCN2C(=O)OC(C)(C)C)cc1. The monoisotopic (exact) mass is 315 g/mol. The molecule has 1 heterocycles. The highest BCUT2D eigenvalue weighted by Crippen LogP contribution is 2.23. The number of rotatable bonds is 3. The van der Waals surface area contributed by atoms with E-state index in [1.807, 2.05) is 25.7 Å². The number of amides is 1. The fourth-order valence-corrected chi connectivity index (χ4v) is 2.85. The number of hydrogen-bond acceptors (Lipinski definition) is 2. The first-order valence-electron chi connectivity index (χ1n) is 8.58. The number of aryl methyl sites for hydroxylation is 1. The average molecular weight is 315 g/mol. The van der Waals surface area contributed by atoms with E-state index in [0.717, 1.165) is 25.8 Å². The van der Waals surface area contributed by atoms with Crippen LogP contribution in [0.1, 0.15) is 57.6 Å². The maximum absolute atomic E-state index is 12.4. The lowest BCUT2D eigenvalue weighted by Gasteiger charge is -2.36. The molecule has 1 aliphatic heterocycles. The van der Waals surface area contributed by atoms with Gasteiger partial charge >= 0.3 is 6.09 Å². The molecule has 1 aromatic carbocycles. The van der Waals surface area contributed by atoms with Gasteiger partial charge in [0, 0.05) is 12.6 Å². The van der Waals surface area contributed by atoms with Crippen LogP contribution in [0.25, 0.3) is 6.08 Å². The highest BCUT2D eigenvalue weighted by Gasteiger charge is 2.29. The number of piperidine rings is 1. The second-order valence-corrected chi connectivity index (χ2v) is 7.37. The van der Waals surface area contributed by atoms with Crippen LogP contribution >= 0.6 is 0 Å². The molecule has 3 heteroatoms. The van der Waals surface area contributed by atoms with Crippen LogP contribution < -0.4 is 0 Å². The first-order chi connectivity index (χ1) is 10.8. The number of carbonyl (C=O) groups excluding carboxylic acids is 1. The summed E-state index contributed by atoms with van der Waals surface area (Å²) in [6.07, 6.45) is 8.33. The van der Waals surface area contributed by atoms with Crippen LogP contribution in [0.2, 0.25) is 0 Å². The lowest BCUT2D eigenvalue weighted by Crippen LogP contribution is -2.45. The summed E-state index contributed by atoms with van der Waals surface area (Å²) in [4.78, 5) is 14.3. The van der Waals surface area contributed by atoms with E-state index in [-0.39, 0.29) is 12.1 Å². The molecular formula is C20H29NO2. The van der Waals surface area contributed by atoms with Crippen molar-refractivity contribution in [1.29, 1.82) is 0 Å². The zero-order valence-electron chi connectivity index (χ0n) is 14.8. The highest BCUT2D eigenvalue weighted by molar-refractivity contribution is 5.68. The van der Waals surface area contributed by atoms with Crippen molar-refractivity contribution in [2.24, 2.45) is 0 Å². The molecule has 1 atom stereocenters. The molecule has 1 amide bonds. The van der Waals surface area contributed by atoms with E-state index in [9.17, 15) is 4.79 Å². The van der Waals surface area contributed by atoms with Gasteiger partial charge in [-0.3, -0.25) is 0 Å². The number of hydrogen-bond donors (Lipinski definition) is 0. The summed E-state index contributed by atoms with van der Waals surface area (Å²) >= 11 is 0. The average Bonchev–Trinajstić information content (AvgIpc) is 2.48. The van der Waals surface area contributed by atoms with Gasteiger partial charge in [0.1, 0.15) is 5.60 Å². The molecule has 0 aliphatic carbocycles. The third-order valence-corrected chi connectivity index (χ3v) is 4.05. The van der Waals surface area contributed by atoms with Crippen LogP contribution in [-0.2, 0) is 4.74 Å². The Kier molecular flexibility index (Phi) is 5.86. The number of benzene rings is 1. The molecule has 1 unspecified atom stereocenters. The van der Waals surface area contributed by atoms with Gasteiger partial charge in [-0.05, 0) is 58.9 Å². The Balaban J connectivity index is 1.95. The maximum atomic E-state index is 12.4. The minimum atomic E-state index is -0.434. The number of likely N-dealkylation sites (tertiary alicyclic amines) is 1. The Morgan fingerprint density at radius 2 is 1.96 bits per heavy atom. The van der Waals surface area contributed by atoms with E-state index in [1.165, 1.54) is 17.5 Å².